The topological polar surface area (TPSA) is 95.9 Å². The molecule has 176 valence electrons. The van der Waals surface area contributed by atoms with Crippen molar-refractivity contribution in [1.82, 2.24) is 10.2 Å². The number of halogens is 1. The van der Waals surface area contributed by atoms with Crippen molar-refractivity contribution in [2.75, 3.05) is 0 Å². The fraction of sp³-hybridized carbons (Fsp3) is 0.400. The number of hydrogen-bond donors (Lipinski definition) is 2. The molecule has 0 aliphatic carbocycles. The molecule has 2 N–H and O–H groups in total. The predicted octanol–water partition coefficient (Wildman–Crippen LogP) is 4.51. The normalized spacial score (nSPS) is 18.4. The number of nitrogens with one attached hydrogen (secondary N) is 1. The van der Waals surface area contributed by atoms with Gasteiger partial charge < -0.3 is 15.2 Å². The summed E-state index contributed by atoms with van der Waals surface area (Å²) in [5.74, 6) is -1.61. The van der Waals surface area contributed by atoms with Crippen molar-refractivity contribution in [3.8, 4) is 0 Å². The monoisotopic (exact) mass is 472 g/mol. The molecule has 33 heavy (non-hydrogen) atoms. The van der Waals surface area contributed by atoms with Crippen LogP contribution in [0.4, 0.5) is 4.79 Å². The van der Waals surface area contributed by atoms with E-state index in [1.807, 2.05) is 24.3 Å². The molecule has 7 nitrogen and oxygen atoms in total. The molecule has 2 aromatic carbocycles. The van der Waals surface area contributed by atoms with Gasteiger partial charge in [0.05, 0.1) is 18.5 Å². The minimum atomic E-state index is -1.14. The zero-order chi connectivity index (χ0) is 24.4. The Labute approximate surface area is 198 Å². The van der Waals surface area contributed by atoms with Crippen LogP contribution in [0.3, 0.4) is 0 Å². The van der Waals surface area contributed by atoms with E-state index in [9.17, 15) is 19.5 Å². The third-order valence-corrected chi connectivity index (χ3v) is 5.88. The van der Waals surface area contributed by atoms with Gasteiger partial charge in [-0.3, -0.25) is 9.69 Å². The Morgan fingerprint density at radius 2 is 1.79 bits per heavy atom. The van der Waals surface area contributed by atoms with E-state index in [1.165, 1.54) is 4.90 Å². The van der Waals surface area contributed by atoms with Crippen LogP contribution >= 0.6 is 11.6 Å². The lowest BCUT2D eigenvalue weighted by molar-refractivity contribution is -0.142. The lowest BCUT2D eigenvalue weighted by atomic mass is 9.88. The van der Waals surface area contributed by atoms with Gasteiger partial charge in [-0.1, -0.05) is 48.0 Å². The molecule has 0 fully saturated rings. The fourth-order valence-electron chi connectivity index (χ4n) is 4.06. The Kier molecular flexibility index (Phi) is 7.03. The molecule has 2 atom stereocenters. The Balaban J connectivity index is 1.81. The number of rotatable bonds is 6. The molecule has 1 unspecified atom stereocenters. The molecule has 0 saturated carbocycles. The average molecular weight is 473 g/mol. The number of carbonyl (C=O) groups is 3. The molecule has 0 radical (unpaired) electrons. The van der Waals surface area contributed by atoms with Crippen LogP contribution in [0.5, 0.6) is 0 Å². The minimum Gasteiger partial charge on any atom is -0.480 e. The summed E-state index contributed by atoms with van der Waals surface area (Å²) in [7, 11) is 0. The molecule has 0 bridgehead atoms. The van der Waals surface area contributed by atoms with Gasteiger partial charge in [-0.2, -0.15) is 0 Å². The van der Waals surface area contributed by atoms with Crippen LogP contribution in [0.15, 0.2) is 48.5 Å². The molecule has 2 aromatic rings. The first kappa shape index (κ1) is 24.6. The van der Waals surface area contributed by atoms with Crippen molar-refractivity contribution in [3.63, 3.8) is 0 Å². The Bertz CT molecular complexity index is 1050. The van der Waals surface area contributed by atoms with E-state index in [2.05, 4.69) is 5.32 Å². The summed E-state index contributed by atoms with van der Waals surface area (Å²) in [6, 6.07) is 13.2. The molecule has 2 amide bonds. The highest BCUT2D eigenvalue weighted by atomic mass is 35.5. The number of fused-ring (bicyclic) bond motifs is 1. The molecule has 0 spiro atoms. The number of carbonyl (C=O) groups excluding carboxylic acids is 2. The number of carboxylic acids is 1. The third-order valence-electron chi connectivity index (χ3n) is 5.63. The van der Waals surface area contributed by atoms with Crippen LogP contribution in [0.2, 0.25) is 5.02 Å². The van der Waals surface area contributed by atoms with Crippen LogP contribution in [-0.4, -0.2) is 39.6 Å². The number of carboxylic acid groups (broad SMARTS) is 1. The zero-order valence-electron chi connectivity index (χ0n) is 19.2. The van der Waals surface area contributed by atoms with E-state index in [0.717, 1.165) is 16.7 Å². The molecule has 3 rings (SSSR count). The maximum Gasteiger partial charge on any atom is 0.411 e. The number of hydrogen-bond acceptors (Lipinski definition) is 4. The minimum absolute atomic E-state index is 0.104. The van der Waals surface area contributed by atoms with Crippen molar-refractivity contribution >= 4 is 29.6 Å². The first-order valence-electron chi connectivity index (χ1n) is 10.7. The van der Waals surface area contributed by atoms with Crippen LogP contribution < -0.4 is 5.32 Å². The van der Waals surface area contributed by atoms with Gasteiger partial charge in [-0.15, -0.1) is 0 Å². The quantitative estimate of drug-likeness (QED) is 0.645. The second-order valence-corrected chi connectivity index (χ2v) is 9.90. The highest BCUT2D eigenvalue weighted by Gasteiger charge is 2.47. The molecular weight excluding hydrogens is 444 g/mol. The summed E-state index contributed by atoms with van der Waals surface area (Å²) in [6.45, 7) is 7.46. The van der Waals surface area contributed by atoms with Gasteiger partial charge in [-0.05, 0) is 56.5 Å². The lowest BCUT2D eigenvalue weighted by Crippen LogP contribution is -2.50. The van der Waals surface area contributed by atoms with Gasteiger partial charge >= 0.3 is 12.1 Å². The van der Waals surface area contributed by atoms with Crippen molar-refractivity contribution in [3.05, 3.63) is 70.2 Å². The van der Waals surface area contributed by atoms with E-state index in [4.69, 9.17) is 16.3 Å². The van der Waals surface area contributed by atoms with Gasteiger partial charge in [0.25, 0.3) is 0 Å². The van der Waals surface area contributed by atoms with Gasteiger partial charge in [0.15, 0.2) is 0 Å². The van der Waals surface area contributed by atoms with Gasteiger partial charge in [-0.25, -0.2) is 9.59 Å². The maximum absolute atomic E-state index is 13.1. The van der Waals surface area contributed by atoms with E-state index in [1.54, 1.807) is 52.0 Å². The maximum atomic E-state index is 13.1. The summed E-state index contributed by atoms with van der Waals surface area (Å²) in [6.07, 6.45) is -0.514. The third kappa shape index (κ3) is 5.85. The number of aliphatic carboxylic acids is 1. The van der Waals surface area contributed by atoms with E-state index in [0.29, 0.717) is 11.6 Å². The van der Waals surface area contributed by atoms with Gasteiger partial charge in [0, 0.05) is 11.4 Å². The fourth-order valence-corrected chi connectivity index (χ4v) is 4.19. The van der Waals surface area contributed by atoms with Crippen molar-refractivity contribution in [2.24, 2.45) is 0 Å². The highest BCUT2D eigenvalue weighted by Crippen LogP contribution is 2.42. The summed E-state index contributed by atoms with van der Waals surface area (Å²) in [5, 5.41) is 12.8. The summed E-state index contributed by atoms with van der Waals surface area (Å²) in [4.78, 5) is 39.4. The Morgan fingerprint density at radius 1 is 1.15 bits per heavy atom. The van der Waals surface area contributed by atoms with Crippen molar-refractivity contribution < 1.29 is 24.2 Å². The average Bonchev–Trinajstić information content (AvgIpc) is 3.00. The van der Waals surface area contributed by atoms with Gasteiger partial charge in [0.2, 0.25) is 5.91 Å². The second kappa shape index (κ2) is 9.43. The Hall–Kier alpha value is -3.06. The van der Waals surface area contributed by atoms with Gasteiger partial charge in [0.1, 0.15) is 11.6 Å². The summed E-state index contributed by atoms with van der Waals surface area (Å²) >= 11 is 5.90. The standard InChI is InChI=1S/C25H29ClN2O5/c1-24(2,3)33-23(32)28-15-17-7-5-6-8-19(17)25(28,4)14-21(29)27-20(22(30)31)13-16-9-11-18(26)12-10-16/h5-12,20H,13-15H2,1-4H3,(H,27,29)(H,30,31)/t20-,25?/m1/s1. The molecular formula is C25H29ClN2O5. The molecule has 8 heteroatoms. The molecule has 1 heterocycles. The largest absolute Gasteiger partial charge is 0.480 e. The molecule has 1 aliphatic rings. The van der Waals surface area contributed by atoms with Crippen molar-refractivity contribution in [1.29, 1.82) is 0 Å². The van der Waals surface area contributed by atoms with E-state index < -0.39 is 35.2 Å². The predicted molar refractivity (Wildman–Crippen MR) is 125 cm³/mol. The van der Waals surface area contributed by atoms with Crippen LogP contribution in [0.1, 0.15) is 50.8 Å². The van der Waals surface area contributed by atoms with Crippen LogP contribution in [0.25, 0.3) is 0 Å². The first-order valence-corrected chi connectivity index (χ1v) is 11.1. The van der Waals surface area contributed by atoms with E-state index >= 15 is 0 Å². The van der Waals surface area contributed by atoms with Crippen LogP contribution in [0, 0.1) is 0 Å². The highest BCUT2D eigenvalue weighted by molar-refractivity contribution is 6.30. The zero-order valence-corrected chi connectivity index (χ0v) is 20.0. The summed E-state index contributed by atoms with van der Waals surface area (Å²) < 4.78 is 5.59. The number of benzene rings is 2. The number of nitrogens with zero attached hydrogens (tertiary/aromatic N) is 1. The molecule has 0 aromatic heterocycles. The number of amides is 2. The van der Waals surface area contributed by atoms with Crippen molar-refractivity contribution in [2.45, 2.75) is 64.3 Å². The first-order chi connectivity index (χ1) is 15.4. The lowest BCUT2D eigenvalue weighted by Gasteiger charge is -2.36. The summed E-state index contributed by atoms with van der Waals surface area (Å²) in [5.41, 5.74) is 0.832. The SMILES string of the molecule is CC(C)(C)OC(=O)N1Cc2ccccc2C1(C)CC(=O)N[C@H](Cc1ccc(Cl)cc1)C(=O)O. The van der Waals surface area contributed by atoms with E-state index in [-0.39, 0.29) is 12.8 Å². The second-order valence-electron chi connectivity index (χ2n) is 9.46. The smallest absolute Gasteiger partial charge is 0.411 e. The molecule has 1 aliphatic heterocycles. The Morgan fingerprint density at radius 3 is 2.39 bits per heavy atom. The molecule has 0 saturated heterocycles. The van der Waals surface area contributed by atoms with Crippen LogP contribution in [-0.2, 0) is 32.8 Å². The number of ether oxygens (including phenoxy) is 1.